The van der Waals surface area contributed by atoms with Crippen LogP contribution in [0.25, 0.3) is 0 Å². The molecule has 110 valence electrons. The lowest BCUT2D eigenvalue weighted by Gasteiger charge is -2.33. The first kappa shape index (κ1) is 13.8. The molecule has 4 heteroatoms. The number of morpholine rings is 1. The van der Waals surface area contributed by atoms with Crippen LogP contribution >= 0.6 is 0 Å². The first-order chi connectivity index (χ1) is 9.42. The van der Waals surface area contributed by atoms with E-state index in [0.29, 0.717) is 0 Å². The summed E-state index contributed by atoms with van der Waals surface area (Å²) in [6, 6.07) is 0.906. The fraction of sp³-hybridized carbons (Fsp3) is 1.00. The maximum atomic E-state index is 5.42. The van der Waals surface area contributed by atoms with Crippen molar-refractivity contribution in [2.45, 2.75) is 31.7 Å². The molecule has 0 aromatic heterocycles. The Kier molecular flexibility index (Phi) is 5.10. The van der Waals surface area contributed by atoms with Gasteiger partial charge in [0.25, 0.3) is 0 Å². The van der Waals surface area contributed by atoms with Gasteiger partial charge in [0, 0.05) is 38.8 Å². The molecule has 0 aromatic carbocycles. The summed E-state index contributed by atoms with van der Waals surface area (Å²) < 4.78 is 5.42. The van der Waals surface area contributed by atoms with E-state index in [9.17, 15) is 0 Å². The molecule has 2 saturated heterocycles. The van der Waals surface area contributed by atoms with Gasteiger partial charge in [0.1, 0.15) is 0 Å². The first-order valence-corrected chi connectivity index (χ1v) is 8.17. The van der Waals surface area contributed by atoms with Gasteiger partial charge in [-0.3, -0.25) is 9.80 Å². The molecule has 1 saturated carbocycles. The lowest BCUT2D eigenvalue weighted by atomic mass is 9.99. The molecular weight excluding hydrogens is 238 g/mol. The largest absolute Gasteiger partial charge is 0.379 e. The monoisotopic (exact) mass is 267 g/mol. The molecule has 1 unspecified atom stereocenters. The average molecular weight is 267 g/mol. The molecule has 0 amide bonds. The third-order valence-corrected chi connectivity index (χ3v) is 4.76. The van der Waals surface area contributed by atoms with Gasteiger partial charge in [-0.15, -0.1) is 0 Å². The van der Waals surface area contributed by atoms with E-state index in [-0.39, 0.29) is 0 Å². The second-order valence-electron chi connectivity index (χ2n) is 6.39. The van der Waals surface area contributed by atoms with Crippen molar-refractivity contribution in [2.75, 3.05) is 59.0 Å². The summed E-state index contributed by atoms with van der Waals surface area (Å²) in [6.07, 6.45) is 5.66. The van der Waals surface area contributed by atoms with Gasteiger partial charge in [-0.25, -0.2) is 0 Å². The van der Waals surface area contributed by atoms with E-state index in [2.05, 4.69) is 15.1 Å². The normalized spacial score (nSPS) is 29.8. The van der Waals surface area contributed by atoms with Crippen molar-refractivity contribution in [3.05, 3.63) is 0 Å². The molecule has 0 spiro atoms. The minimum absolute atomic E-state index is 0.888. The van der Waals surface area contributed by atoms with Crippen LogP contribution in [-0.2, 0) is 4.74 Å². The molecule has 2 aliphatic heterocycles. The van der Waals surface area contributed by atoms with Crippen LogP contribution in [0.2, 0.25) is 0 Å². The molecule has 0 aromatic rings. The third-order valence-electron chi connectivity index (χ3n) is 4.76. The molecule has 0 radical (unpaired) electrons. The number of piperidine rings is 1. The molecule has 19 heavy (non-hydrogen) atoms. The van der Waals surface area contributed by atoms with Gasteiger partial charge in [-0.2, -0.15) is 0 Å². The minimum Gasteiger partial charge on any atom is -0.379 e. The predicted octanol–water partition coefficient (Wildman–Crippen LogP) is 0.783. The SMILES string of the molecule is C1CNCC(CN(CCN2CCOCC2)C2CC2)C1. The highest BCUT2D eigenvalue weighted by Crippen LogP contribution is 2.28. The van der Waals surface area contributed by atoms with E-state index < -0.39 is 0 Å². The van der Waals surface area contributed by atoms with Crippen molar-refractivity contribution < 1.29 is 4.74 Å². The van der Waals surface area contributed by atoms with Crippen molar-refractivity contribution in [3.8, 4) is 0 Å². The maximum Gasteiger partial charge on any atom is 0.0594 e. The fourth-order valence-electron chi connectivity index (χ4n) is 3.37. The Morgan fingerprint density at radius 2 is 2.00 bits per heavy atom. The number of ether oxygens (including phenoxy) is 1. The van der Waals surface area contributed by atoms with E-state index >= 15 is 0 Å². The first-order valence-electron chi connectivity index (χ1n) is 8.17. The molecule has 1 aliphatic carbocycles. The van der Waals surface area contributed by atoms with Crippen molar-refractivity contribution in [3.63, 3.8) is 0 Å². The highest BCUT2D eigenvalue weighted by atomic mass is 16.5. The molecule has 3 aliphatic rings. The average Bonchev–Trinajstić information content (AvgIpc) is 3.30. The van der Waals surface area contributed by atoms with Crippen LogP contribution in [0.4, 0.5) is 0 Å². The van der Waals surface area contributed by atoms with Gasteiger partial charge in [0.2, 0.25) is 0 Å². The van der Waals surface area contributed by atoms with E-state index in [0.717, 1.165) is 38.3 Å². The molecule has 4 nitrogen and oxygen atoms in total. The standard InChI is InChI=1S/C15H29N3O/c1-2-14(12-16-5-1)13-18(15-3-4-15)7-6-17-8-10-19-11-9-17/h14-16H,1-13H2. The zero-order valence-electron chi connectivity index (χ0n) is 12.1. The maximum absolute atomic E-state index is 5.42. The Morgan fingerprint density at radius 1 is 1.16 bits per heavy atom. The Hall–Kier alpha value is -0.160. The van der Waals surface area contributed by atoms with Gasteiger partial charge in [0.05, 0.1) is 13.2 Å². The summed E-state index contributed by atoms with van der Waals surface area (Å²) in [5, 5.41) is 3.55. The van der Waals surface area contributed by atoms with Gasteiger partial charge in [-0.05, 0) is 44.7 Å². The number of nitrogens with zero attached hydrogens (tertiary/aromatic N) is 2. The second kappa shape index (κ2) is 7.02. The molecule has 0 bridgehead atoms. The quantitative estimate of drug-likeness (QED) is 0.770. The van der Waals surface area contributed by atoms with Gasteiger partial charge in [-0.1, -0.05) is 0 Å². The van der Waals surface area contributed by atoms with Crippen LogP contribution < -0.4 is 5.32 Å². The van der Waals surface area contributed by atoms with Crippen molar-refractivity contribution in [1.29, 1.82) is 0 Å². The zero-order valence-corrected chi connectivity index (χ0v) is 12.1. The lowest BCUT2D eigenvalue weighted by molar-refractivity contribution is 0.0318. The van der Waals surface area contributed by atoms with Crippen LogP contribution in [0.15, 0.2) is 0 Å². The van der Waals surface area contributed by atoms with E-state index in [1.165, 1.54) is 58.4 Å². The number of rotatable bonds is 6. The van der Waals surface area contributed by atoms with Gasteiger partial charge < -0.3 is 10.1 Å². The summed E-state index contributed by atoms with van der Waals surface area (Å²) in [4.78, 5) is 5.34. The Morgan fingerprint density at radius 3 is 2.68 bits per heavy atom. The van der Waals surface area contributed by atoms with Gasteiger partial charge >= 0.3 is 0 Å². The highest BCUT2D eigenvalue weighted by Gasteiger charge is 2.31. The second-order valence-corrected chi connectivity index (χ2v) is 6.39. The van der Waals surface area contributed by atoms with Crippen LogP contribution in [0.1, 0.15) is 25.7 Å². The number of hydrogen-bond donors (Lipinski definition) is 1. The smallest absolute Gasteiger partial charge is 0.0594 e. The molecule has 1 N–H and O–H groups in total. The van der Waals surface area contributed by atoms with E-state index in [1.54, 1.807) is 0 Å². The Bertz CT molecular complexity index is 258. The summed E-state index contributed by atoms with van der Waals surface area (Å²) in [5.41, 5.74) is 0. The van der Waals surface area contributed by atoms with Gasteiger partial charge in [0.15, 0.2) is 0 Å². The van der Waals surface area contributed by atoms with E-state index in [4.69, 9.17) is 4.74 Å². The highest BCUT2D eigenvalue weighted by molar-refractivity contribution is 4.87. The fourth-order valence-corrected chi connectivity index (χ4v) is 3.37. The molecule has 1 atom stereocenters. The Balaban J connectivity index is 1.41. The third kappa shape index (κ3) is 4.42. The van der Waals surface area contributed by atoms with Crippen molar-refractivity contribution in [2.24, 2.45) is 5.92 Å². The molecule has 3 rings (SSSR count). The number of hydrogen-bond acceptors (Lipinski definition) is 4. The zero-order chi connectivity index (χ0) is 12.9. The lowest BCUT2D eigenvalue weighted by Crippen LogP contribution is -2.44. The van der Waals surface area contributed by atoms with Crippen LogP contribution in [0.5, 0.6) is 0 Å². The molecular formula is C15H29N3O. The molecule has 2 heterocycles. The van der Waals surface area contributed by atoms with E-state index in [1.807, 2.05) is 0 Å². The van der Waals surface area contributed by atoms with Crippen LogP contribution in [-0.4, -0.2) is 74.9 Å². The Labute approximate surface area is 117 Å². The number of nitrogens with one attached hydrogen (secondary N) is 1. The summed E-state index contributed by atoms with van der Waals surface area (Å²) in [6.45, 7) is 10.4. The molecule has 3 fully saturated rings. The predicted molar refractivity (Wildman–Crippen MR) is 77.4 cm³/mol. The van der Waals surface area contributed by atoms with Crippen molar-refractivity contribution >= 4 is 0 Å². The summed E-state index contributed by atoms with van der Waals surface area (Å²) in [5.74, 6) is 0.888. The van der Waals surface area contributed by atoms with Crippen LogP contribution in [0.3, 0.4) is 0 Å². The van der Waals surface area contributed by atoms with Crippen molar-refractivity contribution in [1.82, 2.24) is 15.1 Å². The topological polar surface area (TPSA) is 27.7 Å². The van der Waals surface area contributed by atoms with Crippen LogP contribution in [0, 0.1) is 5.92 Å². The minimum atomic E-state index is 0.888. The summed E-state index contributed by atoms with van der Waals surface area (Å²) in [7, 11) is 0. The summed E-state index contributed by atoms with van der Waals surface area (Å²) >= 11 is 0.